The lowest BCUT2D eigenvalue weighted by atomic mass is 9.62. The maximum absolute atomic E-state index is 7.23. The molecule has 0 saturated carbocycles. The predicted octanol–water partition coefficient (Wildman–Crippen LogP) is 13.1. The minimum Gasteiger partial charge on any atom is -0.453 e. The normalized spacial score (nSPS) is 13.4. The van der Waals surface area contributed by atoms with E-state index in [1.54, 1.807) is 0 Å². The third-order valence-electron chi connectivity index (χ3n) is 11.1. The SMILES string of the molecule is c1ccc(-c2nc3ccccc3c3c2ccc2c4cccc(N5c6ccccc6C(c6ccccc6)(c6ccccc6)c6ccccc65)c4oc23)cc1. The quantitative estimate of drug-likeness (QED) is 0.174. The zero-order chi connectivity index (χ0) is 34.9. The molecule has 0 unspecified atom stereocenters. The number of pyridine rings is 1. The van der Waals surface area contributed by atoms with E-state index in [2.05, 4.69) is 193 Å². The molecular weight excluding hydrogens is 645 g/mol. The summed E-state index contributed by atoms with van der Waals surface area (Å²) in [6.45, 7) is 0. The first-order chi connectivity index (χ1) is 26.3. The number of benzene rings is 8. The van der Waals surface area contributed by atoms with E-state index in [9.17, 15) is 0 Å². The standard InChI is InChI=1S/C50H32N2O/c1-4-17-33(18-5-1)47-39-32-31-37-36-24-16-30-45(48(36)53-49(37)46(39)38-23-10-13-27-42(38)51-47)52-43-28-14-11-25-40(43)50(34-19-6-2-7-20-34,35-21-8-3-9-22-35)41-26-12-15-29-44(41)52/h1-32H. The lowest BCUT2D eigenvalue weighted by Gasteiger charge is -2.46. The van der Waals surface area contributed by atoms with Gasteiger partial charge in [-0.2, -0.15) is 0 Å². The smallest absolute Gasteiger partial charge is 0.159 e. The first-order valence-corrected chi connectivity index (χ1v) is 18.1. The number of fused-ring (bicyclic) bond motifs is 9. The van der Waals surface area contributed by atoms with Crippen LogP contribution in [0.3, 0.4) is 0 Å². The second-order valence-electron chi connectivity index (χ2n) is 13.8. The van der Waals surface area contributed by atoms with Crippen LogP contribution in [0.5, 0.6) is 0 Å². The number of nitrogens with zero attached hydrogens (tertiary/aromatic N) is 2. The van der Waals surface area contributed by atoms with Gasteiger partial charge in [0.05, 0.1) is 33.7 Å². The third kappa shape index (κ3) is 4.19. The van der Waals surface area contributed by atoms with Gasteiger partial charge in [0.1, 0.15) is 5.58 Å². The molecule has 3 nitrogen and oxygen atoms in total. The van der Waals surface area contributed by atoms with Crippen molar-refractivity contribution in [3.63, 3.8) is 0 Å². The molecule has 53 heavy (non-hydrogen) atoms. The molecule has 0 atom stereocenters. The van der Waals surface area contributed by atoms with Gasteiger partial charge in [-0.25, -0.2) is 4.98 Å². The molecule has 0 fully saturated rings. The summed E-state index contributed by atoms with van der Waals surface area (Å²) in [5, 5.41) is 5.41. The van der Waals surface area contributed by atoms with Crippen LogP contribution >= 0.6 is 0 Å². The predicted molar refractivity (Wildman–Crippen MR) is 219 cm³/mol. The second-order valence-corrected chi connectivity index (χ2v) is 13.8. The highest BCUT2D eigenvalue weighted by molar-refractivity contribution is 6.25. The molecule has 0 radical (unpaired) electrons. The Morgan fingerprint density at radius 1 is 0.396 bits per heavy atom. The van der Waals surface area contributed by atoms with Crippen LogP contribution < -0.4 is 4.90 Å². The molecule has 248 valence electrons. The van der Waals surface area contributed by atoms with Gasteiger partial charge in [0.2, 0.25) is 0 Å². The summed E-state index contributed by atoms with van der Waals surface area (Å²) in [6.07, 6.45) is 0. The summed E-state index contributed by atoms with van der Waals surface area (Å²) in [6, 6.07) is 69.5. The first kappa shape index (κ1) is 29.7. The zero-order valence-corrected chi connectivity index (χ0v) is 28.8. The van der Waals surface area contributed by atoms with E-state index in [0.717, 1.165) is 71.9 Å². The summed E-state index contributed by atoms with van der Waals surface area (Å²) in [5.41, 5.74) is 12.3. The van der Waals surface area contributed by atoms with Crippen molar-refractivity contribution >= 4 is 60.7 Å². The fourth-order valence-corrected chi connectivity index (χ4v) is 8.94. The van der Waals surface area contributed by atoms with Gasteiger partial charge in [-0.3, -0.25) is 0 Å². The summed E-state index contributed by atoms with van der Waals surface area (Å²) >= 11 is 0. The van der Waals surface area contributed by atoms with Gasteiger partial charge >= 0.3 is 0 Å². The van der Waals surface area contributed by atoms with Crippen LogP contribution in [0.2, 0.25) is 0 Å². The van der Waals surface area contributed by atoms with E-state index in [1.165, 1.54) is 22.3 Å². The molecule has 0 amide bonds. The van der Waals surface area contributed by atoms with Crippen molar-refractivity contribution in [2.24, 2.45) is 0 Å². The Balaban J connectivity index is 1.23. The van der Waals surface area contributed by atoms with E-state index in [4.69, 9.17) is 9.40 Å². The molecule has 0 bridgehead atoms. The van der Waals surface area contributed by atoms with Gasteiger partial charge in [-0.1, -0.05) is 164 Å². The number of para-hydroxylation sites is 4. The summed E-state index contributed by atoms with van der Waals surface area (Å²) in [5.74, 6) is 0. The highest BCUT2D eigenvalue weighted by atomic mass is 16.3. The largest absolute Gasteiger partial charge is 0.453 e. The lowest BCUT2D eigenvalue weighted by Crippen LogP contribution is -2.37. The van der Waals surface area contributed by atoms with Crippen LogP contribution in [0, 0.1) is 0 Å². The van der Waals surface area contributed by atoms with E-state index in [0.29, 0.717) is 0 Å². The molecule has 10 aromatic rings. The Morgan fingerprint density at radius 3 is 1.58 bits per heavy atom. The number of hydrogen-bond donors (Lipinski definition) is 0. The highest BCUT2D eigenvalue weighted by Crippen LogP contribution is 2.58. The molecular formula is C50H32N2O. The fourth-order valence-electron chi connectivity index (χ4n) is 8.94. The van der Waals surface area contributed by atoms with Crippen molar-refractivity contribution in [1.82, 2.24) is 4.98 Å². The van der Waals surface area contributed by atoms with Crippen LogP contribution in [0.1, 0.15) is 22.3 Å². The van der Waals surface area contributed by atoms with E-state index >= 15 is 0 Å². The molecule has 0 spiro atoms. The first-order valence-electron chi connectivity index (χ1n) is 18.1. The molecule has 0 aliphatic carbocycles. The number of furan rings is 1. The second kappa shape index (κ2) is 11.5. The number of anilines is 3. The van der Waals surface area contributed by atoms with E-state index in [-0.39, 0.29) is 0 Å². The Labute approximate surface area is 307 Å². The highest BCUT2D eigenvalue weighted by Gasteiger charge is 2.46. The van der Waals surface area contributed by atoms with Crippen LogP contribution in [-0.2, 0) is 5.41 Å². The van der Waals surface area contributed by atoms with E-state index < -0.39 is 5.41 Å². The molecule has 1 aliphatic rings. The van der Waals surface area contributed by atoms with Crippen molar-refractivity contribution in [3.8, 4) is 11.3 Å². The maximum atomic E-state index is 7.23. The van der Waals surface area contributed by atoms with Crippen LogP contribution in [-0.4, -0.2) is 4.98 Å². The summed E-state index contributed by atoms with van der Waals surface area (Å²) in [7, 11) is 0. The average molecular weight is 677 g/mol. The van der Waals surface area contributed by atoms with Gasteiger partial charge in [0.15, 0.2) is 5.58 Å². The molecule has 0 N–H and O–H groups in total. The molecule has 8 aromatic carbocycles. The van der Waals surface area contributed by atoms with Gasteiger partial charge in [0.25, 0.3) is 0 Å². The lowest BCUT2D eigenvalue weighted by molar-refractivity contribution is 0.672. The van der Waals surface area contributed by atoms with Crippen LogP contribution in [0.15, 0.2) is 199 Å². The minimum absolute atomic E-state index is 0.538. The summed E-state index contributed by atoms with van der Waals surface area (Å²) in [4.78, 5) is 7.60. The van der Waals surface area contributed by atoms with Crippen molar-refractivity contribution in [3.05, 3.63) is 216 Å². The Hall–Kier alpha value is -6.97. The zero-order valence-electron chi connectivity index (χ0n) is 28.8. The summed E-state index contributed by atoms with van der Waals surface area (Å²) < 4.78 is 7.23. The molecule has 0 saturated heterocycles. The minimum atomic E-state index is -0.538. The number of rotatable bonds is 4. The molecule has 1 aliphatic heterocycles. The van der Waals surface area contributed by atoms with Crippen LogP contribution in [0.25, 0.3) is 54.9 Å². The monoisotopic (exact) mass is 676 g/mol. The van der Waals surface area contributed by atoms with Gasteiger partial charge in [0, 0.05) is 32.5 Å². The maximum Gasteiger partial charge on any atom is 0.159 e. The van der Waals surface area contributed by atoms with Gasteiger partial charge < -0.3 is 9.32 Å². The van der Waals surface area contributed by atoms with Crippen molar-refractivity contribution in [2.45, 2.75) is 5.41 Å². The van der Waals surface area contributed by atoms with E-state index in [1.807, 2.05) is 6.07 Å². The molecule has 2 aromatic heterocycles. The number of hydrogen-bond acceptors (Lipinski definition) is 3. The molecule has 3 heteroatoms. The van der Waals surface area contributed by atoms with Crippen molar-refractivity contribution in [1.29, 1.82) is 0 Å². The topological polar surface area (TPSA) is 29.3 Å². The Kier molecular flexibility index (Phi) is 6.47. The Morgan fingerprint density at radius 2 is 0.906 bits per heavy atom. The Bertz CT molecular complexity index is 2910. The van der Waals surface area contributed by atoms with Crippen molar-refractivity contribution in [2.75, 3.05) is 4.90 Å². The van der Waals surface area contributed by atoms with Crippen molar-refractivity contribution < 1.29 is 4.42 Å². The van der Waals surface area contributed by atoms with Gasteiger partial charge in [-0.05, 0) is 52.6 Å². The fraction of sp³-hybridized carbons (Fsp3) is 0.0200. The molecule has 3 heterocycles. The van der Waals surface area contributed by atoms with Gasteiger partial charge in [-0.15, -0.1) is 0 Å². The molecule has 11 rings (SSSR count). The third-order valence-corrected chi connectivity index (χ3v) is 11.1. The average Bonchev–Trinajstić information content (AvgIpc) is 3.63. The van der Waals surface area contributed by atoms with Crippen LogP contribution in [0.4, 0.5) is 17.1 Å². The number of aromatic nitrogens is 1.